The van der Waals surface area contributed by atoms with E-state index in [9.17, 15) is 0 Å². The molecule has 0 aliphatic heterocycles. The van der Waals surface area contributed by atoms with Crippen molar-refractivity contribution >= 4 is 43.6 Å². The first-order chi connectivity index (χ1) is 27.8. The molecular formula is C51H33N5. The summed E-state index contributed by atoms with van der Waals surface area (Å²) in [5.41, 5.74) is 12.0. The molecule has 5 heteroatoms. The Bertz CT molecular complexity index is 3180. The van der Waals surface area contributed by atoms with Crippen LogP contribution >= 0.6 is 0 Å². The lowest BCUT2D eigenvalue weighted by Gasteiger charge is -2.12. The highest BCUT2D eigenvalue weighted by molar-refractivity contribution is 6.12. The summed E-state index contributed by atoms with van der Waals surface area (Å²) >= 11 is 0. The van der Waals surface area contributed by atoms with E-state index in [0.29, 0.717) is 17.5 Å². The topological polar surface area (TPSA) is 48.5 Å². The summed E-state index contributed by atoms with van der Waals surface area (Å²) in [6.07, 6.45) is 0. The Morgan fingerprint density at radius 2 is 0.679 bits per heavy atom. The van der Waals surface area contributed by atoms with E-state index < -0.39 is 0 Å². The van der Waals surface area contributed by atoms with Gasteiger partial charge in [-0.1, -0.05) is 152 Å². The maximum atomic E-state index is 5.01. The van der Waals surface area contributed by atoms with E-state index in [4.69, 9.17) is 15.0 Å². The van der Waals surface area contributed by atoms with E-state index in [1.807, 2.05) is 60.7 Å². The highest BCUT2D eigenvalue weighted by Crippen LogP contribution is 2.38. The van der Waals surface area contributed by atoms with Crippen LogP contribution in [0.4, 0.5) is 0 Å². The fourth-order valence-electron chi connectivity index (χ4n) is 8.16. The molecule has 0 spiro atoms. The van der Waals surface area contributed by atoms with Gasteiger partial charge in [-0.15, -0.1) is 0 Å². The van der Waals surface area contributed by atoms with Crippen molar-refractivity contribution in [3.63, 3.8) is 0 Å². The van der Waals surface area contributed by atoms with Crippen molar-refractivity contribution in [3.05, 3.63) is 200 Å². The van der Waals surface area contributed by atoms with Crippen molar-refractivity contribution in [2.24, 2.45) is 0 Å². The zero-order valence-electron chi connectivity index (χ0n) is 30.3. The van der Waals surface area contributed by atoms with Gasteiger partial charge in [-0.05, 0) is 59.7 Å². The summed E-state index contributed by atoms with van der Waals surface area (Å²) < 4.78 is 4.79. The number of nitrogens with zero attached hydrogens (tertiary/aromatic N) is 5. The molecule has 0 atom stereocenters. The number of rotatable bonds is 6. The third kappa shape index (κ3) is 5.29. The van der Waals surface area contributed by atoms with Gasteiger partial charge in [0.05, 0.1) is 22.1 Å². The van der Waals surface area contributed by atoms with Crippen LogP contribution in [0.2, 0.25) is 0 Å². The van der Waals surface area contributed by atoms with Gasteiger partial charge in [0, 0.05) is 49.6 Å². The van der Waals surface area contributed by atoms with Crippen LogP contribution in [0, 0.1) is 0 Å². The fourth-order valence-corrected chi connectivity index (χ4v) is 8.16. The molecule has 3 heterocycles. The Morgan fingerprint density at radius 3 is 1.30 bits per heavy atom. The Hall–Kier alpha value is -7.63. The van der Waals surface area contributed by atoms with Crippen LogP contribution in [-0.2, 0) is 0 Å². The SMILES string of the molecule is c1ccc(-c2nc(-c3ccccc3)nc(-c3cccc(-c4ccc5c6ccccc6n(-c6ccc7c8ccccc8n(-c8ccccc8)c7c6)c5c4)c3)n2)cc1. The molecule has 56 heavy (non-hydrogen) atoms. The van der Waals surface area contributed by atoms with E-state index in [2.05, 4.69) is 149 Å². The third-order valence-corrected chi connectivity index (χ3v) is 10.8. The molecule has 0 N–H and O–H groups in total. The van der Waals surface area contributed by atoms with Crippen molar-refractivity contribution in [2.75, 3.05) is 0 Å². The molecule has 0 bridgehead atoms. The minimum Gasteiger partial charge on any atom is -0.309 e. The maximum Gasteiger partial charge on any atom is 0.164 e. The molecule has 0 unspecified atom stereocenters. The van der Waals surface area contributed by atoms with Crippen LogP contribution in [0.5, 0.6) is 0 Å². The number of hydrogen-bond donors (Lipinski definition) is 0. The number of aromatic nitrogens is 5. The standard InChI is InChI=1S/C51H33N5/c1-4-15-34(16-5-1)49-52-50(35-17-6-2-7-18-35)54-51(53-49)38-20-14-19-36(31-38)37-27-29-43-41-23-11-13-26-46(41)56(47(43)32-37)40-28-30-44-42-24-10-12-25-45(42)55(48(44)33-40)39-21-8-3-9-22-39/h1-33H. The lowest BCUT2D eigenvalue weighted by atomic mass is 10.0. The lowest BCUT2D eigenvalue weighted by molar-refractivity contribution is 1.07. The molecule has 262 valence electrons. The molecule has 11 aromatic rings. The van der Waals surface area contributed by atoms with E-state index in [-0.39, 0.29) is 0 Å². The van der Waals surface area contributed by atoms with Crippen molar-refractivity contribution in [3.8, 4) is 56.7 Å². The van der Waals surface area contributed by atoms with Crippen molar-refractivity contribution in [1.82, 2.24) is 24.1 Å². The van der Waals surface area contributed by atoms with E-state index in [1.165, 1.54) is 38.1 Å². The first-order valence-corrected chi connectivity index (χ1v) is 18.9. The van der Waals surface area contributed by atoms with Crippen LogP contribution in [0.15, 0.2) is 200 Å². The number of hydrogen-bond acceptors (Lipinski definition) is 3. The maximum absolute atomic E-state index is 5.01. The average molecular weight is 716 g/mol. The van der Waals surface area contributed by atoms with E-state index >= 15 is 0 Å². The van der Waals surface area contributed by atoms with Crippen molar-refractivity contribution in [1.29, 1.82) is 0 Å². The average Bonchev–Trinajstić information content (AvgIpc) is 3.79. The molecule has 0 aliphatic carbocycles. The second-order valence-corrected chi connectivity index (χ2v) is 14.1. The van der Waals surface area contributed by atoms with Crippen molar-refractivity contribution in [2.45, 2.75) is 0 Å². The number of para-hydroxylation sites is 3. The Balaban J connectivity index is 1.08. The minimum atomic E-state index is 0.636. The van der Waals surface area contributed by atoms with Crippen LogP contribution in [0.25, 0.3) is 100 Å². The molecule has 0 saturated heterocycles. The molecule has 0 aliphatic rings. The molecule has 3 aromatic heterocycles. The molecular weight excluding hydrogens is 683 g/mol. The fraction of sp³-hybridized carbons (Fsp3) is 0. The summed E-state index contributed by atoms with van der Waals surface area (Å²) in [7, 11) is 0. The molecule has 5 nitrogen and oxygen atoms in total. The van der Waals surface area contributed by atoms with Gasteiger partial charge in [0.15, 0.2) is 17.5 Å². The number of benzene rings is 8. The smallest absolute Gasteiger partial charge is 0.164 e. The van der Waals surface area contributed by atoms with Crippen LogP contribution in [-0.4, -0.2) is 24.1 Å². The zero-order valence-corrected chi connectivity index (χ0v) is 30.3. The summed E-state index contributed by atoms with van der Waals surface area (Å²) in [6, 6.07) is 70.5. The third-order valence-electron chi connectivity index (χ3n) is 10.8. The van der Waals surface area contributed by atoms with Crippen LogP contribution < -0.4 is 0 Å². The van der Waals surface area contributed by atoms with Gasteiger partial charge in [0.1, 0.15) is 0 Å². The molecule has 11 rings (SSSR count). The van der Waals surface area contributed by atoms with Gasteiger partial charge in [-0.25, -0.2) is 15.0 Å². The summed E-state index contributed by atoms with van der Waals surface area (Å²) in [6.45, 7) is 0. The predicted octanol–water partition coefficient (Wildman–Crippen LogP) is 12.7. The quantitative estimate of drug-likeness (QED) is 0.172. The molecule has 0 radical (unpaired) electrons. The molecule has 8 aromatic carbocycles. The monoisotopic (exact) mass is 715 g/mol. The summed E-state index contributed by atoms with van der Waals surface area (Å²) in [5.74, 6) is 1.93. The predicted molar refractivity (Wildman–Crippen MR) is 230 cm³/mol. The lowest BCUT2D eigenvalue weighted by Crippen LogP contribution is -2.00. The summed E-state index contributed by atoms with van der Waals surface area (Å²) in [4.78, 5) is 14.9. The zero-order chi connectivity index (χ0) is 37.0. The van der Waals surface area contributed by atoms with Crippen molar-refractivity contribution < 1.29 is 0 Å². The number of fused-ring (bicyclic) bond motifs is 6. The molecule has 0 saturated carbocycles. The van der Waals surface area contributed by atoms with Gasteiger partial charge in [0.25, 0.3) is 0 Å². The second-order valence-electron chi connectivity index (χ2n) is 14.1. The summed E-state index contributed by atoms with van der Waals surface area (Å²) in [5, 5.41) is 4.91. The van der Waals surface area contributed by atoms with Crippen LogP contribution in [0.1, 0.15) is 0 Å². The minimum absolute atomic E-state index is 0.636. The van der Waals surface area contributed by atoms with Gasteiger partial charge in [0.2, 0.25) is 0 Å². The van der Waals surface area contributed by atoms with Crippen LogP contribution in [0.3, 0.4) is 0 Å². The Morgan fingerprint density at radius 1 is 0.250 bits per heavy atom. The highest BCUT2D eigenvalue weighted by atomic mass is 15.0. The highest BCUT2D eigenvalue weighted by Gasteiger charge is 2.18. The van der Waals surface area contributed by atoms with Gasteiger partial charge in [-0.3, -0.25) is 0 Å². The van der Waals surface area contributed by atoms with E-state index in [0.717, 1.165) is 44.7 Å². The first-order valence-electron chi connectivity index (χ1n) is 18.9. The normalized spacial score (nSPS) is 11.6. The molecule has 0 amide bonds. The second kappa shape index (κ2) is 13.0. The molecule has 0 fully saturated rings. The largest absolute Gasteiger partial charge is 0.309 e. The Labute approximate surface area is 323 Å². The van der Waals surface area contributed by atoms with Gasteiger partial charge < -0.3 is 9.13 Å². The Kier molecular flexibility index (Phi) is 7.42. The van der Waals surface area contributed by atoms with E-state index in [1.54, 1.807) is 0 Å². The van der Waals surface area contributed by atoms with Gasteiger partial charge in [-0.2, -0.15) is 0 Å². The van der Waals surface area contributed by atoms with Gasteiger partial charge >= 0.3 is 0 Å². The first kappa shape index (κ1) is 31.9.